The summed E-state index contributed by atoms with van der Waals surface area (Å²) >= 11 is 0. The normalized spacial score (nSPS) is 11.5. The maximum Gasteiger partial charge on any atom is 0.258 e. The molecule has 2 aromatic rings. The van der Waals surface area contributed by atoms with Crippen molar-refractivity contribution < 1.29 is 17.9 Å². The number of aromatic nitrogens is 1. The molecule has 1 aromatic carbocycles. The minimum absolute atomic E-state index is 0.244. The summed E-state index contributed by atoms with van der Waals surface area (Å²) in [6.07, 6.45) is 0. The summed E-state index contributed by atoms with van der Waals surface area (Å²) in [5.74, 6) is -4.01. The second kappa shape index (κ2) is 5.15. The van der Waals surface area contributed by atoms with E-state index in [1.807, 2.05) is 32.9 Å². The first-order chi connectivity index (χ1) is 9.29. The highest BCUT2D eigenvalue weighted by molar-refractivity contribution is 5.40. The van der Waals surface area contributed by atoms with Crippen molar-refractivity contribution >= 4 is 0 Å². The topological polar surface area (TPSA) is 22.1 Å². The quantitative estimate of drug-likeness (QED) is 0.751. The first-order valence-electron chi connectivity index (χ1n) is 6.08. The summed E-state index contributed by atoms with van der Waals surface area (Å²) in [6.45, 7) is 5.89. The molecule has 0 N–H and O–H groups in total. The Hall–Kier alpha value is -2.04. The van der Waals surface area contributed by atoms with Gasteiger partial charge in [-0.2, -0.15) is 9.37 Å². The molecule has 0 saturated carbocycles. The van der Waals surface area contributed by atoms with E-state index in [0.717, 1.165) is 5.56 Å². The Labute approximate surface area is 115 Å². The smallest absolute Gasteiger partial charge is 0.258 e. The van der Waals surface area contributed by atoms with Gasteiger partial charge in [-0.05, 0) is 11.5 Å². The third-order valence-electron chi connectivity index (χ3n) is 2.76. The van der Waals surface area contributed by atoms with Gasteiger partial charge in [-0.15, -0.1) is 0 Å². The zero-order chi connectivity index (χ0) is 14.9. The zero-order valence-corrected chi connectivity index (χ0v) is 11.4. The SMILES string of the molecule is CC(C)(C)c1ccccc1Oc1nc(F)c(F)cc1F. The number of hydrogen-bond donors (Lipinski definition) is 0. The van der Waals surface area contributed by atoms with Crippen LogP contribution in [0.2, 0.25) is 0 Å². The maximum atomic E-state index is 13.6. The van der Waals surface area contributed by atoms with Crippen LogP contribution in [0.25, 0.3) is 0 Å². The molecule has 0 unspecified atom stereocenters. The predicted molar refractivity (Wildman–Crippen MR) is 69.3 cm³/mol. The Bertz CT molecular complexity index is 636. The molecular weight excluding hydrogens is 267 g/mol. The van der Waals surface area contributed by atoms with Crippen molar-refractivity contribution in [3.63, 3.8) is 0 Å². The molecule has 0 aliphatic carbocycles. The second-order valence-electron chi connectivity index (χ2n) is 5.40. The summed E-state index contributed by atoms with van der Waals surface area (Å²) in [5, 5.41) is 0. The number of rotatable bonds is 2. The molecule has 0 fully saturated rings. The van der Waals surface area contributed by atoms with E-state index in [4.69, 9.17) is 4.74 Å². The summed E-state index contributed by atoms with van der Waals surface area (Å²) in [5.41, 5.74) is 0.567. The molecule has 1 aromatic heterocycles. The Morgan fingerprint density at radius 3 is 2.30 bits per heavy atom. The number of hydrogen-bond acceptors (Lipinski definition) is 2. The van der Waals surface area contributed by atoms with E-state index >= 15 is 0 Å². The fourth-order valence-corrected chi connectivity index (χ4v) is 1.78. The van der Waals surface area contributed by atoms with Crippen LogP contribution in [0.15, 0.2) is 30.3 Å². The van der Waals surface area contributed by atoms with E-state index in [9.17, 15) is 13.2 Å². The lowest BCUT2D eigenvalue weighted by molar-refractivity contribution is 0.379. The van der Waals surface area contributed by atoms with Crippen molar-refractivity contribution in [1.82, 2.24) is 4.98 Å². The lowest BCUT2D eigenvalue weighted by atomic mass is 9.86. The molecular formula is C15H14F3NO. The molecule has 0 spiro atoms. The Kier molecular flexibility index (Phi) is 3.70. The van der Waals surface area contributed by atoms with Crippen LogP contribution in [0, 0.1) is 17.6 Å². The van der Waals surface area contributed by atoms with Gasteiger partial charge in [0, 0.05) is 11.6 Å². The van der Waals surface area contributed by atoms with E-state index in [-0.39, 0.29) is 5.41 Å². The molecule has 0 aliphatic heterocycles. The average Bonchev–Trinajstić information content (AvgIpc) is 2.35. The van der Waals surface area contributed by atoms with E-state index in [1.165, 1.54) is 0 Å². The van der Waals surface area contributed by atoms with E-state index in [1.54, 1.807) is 12.1 Å². The maximum absolute atomic E-state index is 13.6. The van der Waals surface area contributed by atoms with Crippen molar-refractivity contribution in [2.24, 2.45) is 0 Å². The highest BCUT2D eigenvalue weighted by Gasteiger charge is 2.21. The van der Waals surface area contributed by atoms with Gasteiger partial charge in [0.2, 0.25) is 0 Å². The fourth-order valence-electron chi connectivity index (χ4n) is 1.78. The number of para-hydroxylation sites is 1. The van der Waals surface area contributed by atoms with Gasteiger partial charge >= 0.3 is 0 Å². The van der Waals surface area contributed by atoms with Crippen molar-refractivity contribution in [2.45, 2.75) is 26.2 Å². The number of benzene rings is 1. The van der Waals surface area contributed by atoms with Gasteiger partial charge in [-0.25, -0.2) is 8.78 Å². The molecule has 2 nitrogen and oxygen atoms in total. The predicted octanol–water partition coefficient (Wildman–Crippen LogP) is 4.59. The molecule has 5 heteroatoms. The van der Waals surface area contributed by atoms with Crippen LogP contribution in [0.3, 0.4) is 0 Å². The van der Waals surface area contributed by atoms with Crippen LogP contribution < -0.4 is 4.74 Å². The van der Waals surface area contributed by atoms with Crippen molar-refractivity contribution in [1.29, 1.82) is 0 Å². The summed E-state index contributed by atoms with van der Waals surface area (Å²) in [6, 6.07) is 7.40. The van der Waals surface area contributed by atoms with E-state index in [0.29, 0.717) is 11.8 Å². The van der Waals surface area contributed by atoms with Gasteiger partial charge < -0.3 is 4.74 Å². The van der Waals surface area contributed by atoms with E-state index < -0.39 is 23.5 Å². The molecule has 2 rings (SSSR count). The summed E-state index contributed by atoms with van der Waals surface area (Å²) in [7, 11) is 0. The monoisotopic (exact) mass is 281 g/mol. The zero-order valence-electron chi connectivity index (χ0n) is 11.4. The molecule has 1 heterocycles. The lowest BCUT2D eigenvalue weighted by Gasteiger charge is -2.22. The van der Waals surface area contributed by atoms with Crippen LogP contribution in [-0.2, 0) is 5.41 Å². The third-order valence-corrected chi connectivity index (χ3v) is 2.76. The van der Waals surface area contributed by atoms with Crippen LogP contribution >= 0.6 is 0 Å². The van der Waals surface area contributed by atoms with Crippen molar-refractivity contribution in [3.05, 3.63) is 53.5 Å². The number of ether oxygens (including phenoxy) is 1. The molecule has 106 valence electrons. The molecule has 20 heavy (non-hydrogen) atoms. The summed E-state index contributed by atoms with van der Waals surface area (Å²) < 4.78 is 44.8. The Balaban J connectivity index is 2.43. The van der Waals surface area contributed by atoms with E-state index in [2.05, 4.69) is 4.98 Å². The average molecular weight is 281 g/mol. The molecule has 0 bridgehead atoms. The molecule has 0 amide bonds. The highest BCUT2D eigenvalue weighted by Crippen LogP contribution is 2.34. The third kappa shape index (κ3) is 2.92. The first kappa shape index (κ1) is 14.4. The Morgan fingerprint density at radius 1 is 1.00 bits per heavy atom. The van der Waals surface area contributed by atoms with Crippen molar-refractivity contribution in [3.8, 4) is 11.6 Å². The van der Waals surface area contributed by atoms with Gasteiger partial charge in [0.25, 0.3) is 11.8 Å². The molecule has 0 atom stereocenters. The van der Waals surface area contributed by atoms with Crippen molar-refractivity contribution in [2.75, 3.05) is 0 Å². The number of nitrogens with zero attached hydrogens (tertiary/aromatic N) is 1. The second-order valence-corrected chi connectivity index (χ2v) is 5.40. The van der Waals surface area contributed by atoms with Crippen LogP contribution in [0.1, 0.15) is 26.3 Å². The van der Waals surface area contributed by atoms with Crippen LogP contribution in [0.4, 0.5) is 13.2 Å². The van der Waals surface area contributed by atoms with Gasteiger partial charge in [0.1, 0.15) is 5.75 Å². The molecule has 0 radical (unpaired) electrons. The largest absolute Gasteiger partial charge is 0.436 e. The summed E-state index contributed by atoms with van der Waals surface area (Å²) in [4.78, 5) is 3.15. The molecule has 0 aliphatic rings. The van der Waals surface area contributed by atoms with Gasteiger partial charge in [0.05, 0.1) is 0 Å². The highest BCUT2D eigenvalue weighted by atomic mass is 19.2. The number of pyridine rings is 1. The first-order valence-corrected chi connectivity index (χ1v) is 6.08. The molecule has 0 saturated heterocycles. The standard InChI is InChI=1S/C15H14F3NO/c1-15(2,3)9-6-4-5-7-12(9)20-14-11(17)8-10(16)13(18)19-14/h4-8H,1-3H3. The van der Waals surface area contributed by atoms with Gasteiger partial charge in [-0.3, -0.25) is 0 Å². The fraction of sp³-hybridized carbons (Fsp3) is 0.267. The van der Waals surface area contributed by atoms with Gasteiger partial charge in [-0.1, -0.05) is 39.0 Å². The number of halogens is 3. The minimum atomic E-state index is -1.39. The van der Waals surface area contributed by atoms with Gasteiger partial charge in [0.15, 0.2) is 11.6 Å². The minimum Gasteiger partial charge on any atom is -0.436 e. The lowest BCUT2D eigenvalue weighted by Crippen LogP contribution is -2.12. The Morgan fingerprint density at radius 2 is 1.65 bits per heavy atom. The van der Waals surface area contributed by atoms with Crippen LogP contribution in [0.5, 0.6) is 11.6 Å². The van der Waals surface area contributed by atoms with Crippen LogP contribution in [-0.4, -0.2) is 4.98 Å².